The molecule has 2 aromatic carbocycles. The molecule has 0 amide bonds. The van der Waals surface area contributed by atoms with E-state index in [9.17, 15) is 9.59 Å². The average Bonchev–Trinajstić information content (AvgIpc) is 3.15. The summed E-state index contributed by atoms with van der Waals surface area (Å²) in [6, 6.07) is 15.4. The molecule has 0 aliphatic heterocycles. The fourth-order valence-electron chi connectivity index (χ4n) is 2.54. The number of benzene rings is 2. The first-order chi connectivity index (χ1) is 13.1. The van der Waals surface area contributed by atoms with Crippen LogP contribution in [0.3, 0.4) is 0 Å². The second kappa shape index (κ2) is 6.87. The number of hydrogen-bond acceptors (Lipinski definition) is 7. The van der Waals surface area contributed by atoms with Gasteiger partial charge in [-0.25, -0.2) is 4.79 Å². The minimum atomic E-state index is -0.784. The van der Waals surface area contributed by atoms with Gasteiger partial charge in [0.2, 0.25) is 11.6 Å². The molecule has 7 heteroatoms. The molecule has 0 spiro atoms. The Hall–Kier alpha value is -3.74. The van der Waals surface area contributed by atoms with Crippen LogP contribution >= 0.6 is 0 Å². The van der Waals surface area contributed by atoms with Crippen LogP contribution in [0, 0.1) is 6.92 Å². The molecular weight excluding hydrogens is 348 g/mol. The number of carbonyl (C=O) groups excluding carboxylic acids is 1. The van der Waals surface area contributed by atoms with Crippen molar-refractivity contribution in [2.45, 2.75) is 13.5 Å². The van der Waals surface area contributed by atoms with Crippen molar-refractivity contribution in [1.29, 1.82) is 0 Å². The molecular formula is C20H14N2O5. The summed E-state index contributed by atoms with van der Waals surface area (Å²) in [7, 11) is 0. The van der Waals surface area contributed by atoms with Crippen molar-refractivity contribution in [2.75, 3.05) is 0 Å². The molecule has 0 N–H and O–H groups in total. The number of nitrogens with zero attached hydrogens (tertiary/aromatic N) is 2. The quantitative estimate of drug-likeness (QED) is 0.513. The van der Waals surface area contributed by atoms with Crippen LogP contribution in [0.5, 0.6) is 0 Å². The Kier molecular flexibility index (Phi) is 4.25. The second-order valence-corrected chi connectivity index (χ2v) is 5.92. The number of aromatic nitrogens is 2. The van der Waals surface area contributed by atoms with E-state index in [2.05, 4.69) is 10.1 Å². The molecule has 0 saturated heterocycles. The van der Waals surface area contributed by atoms with E-state index < -0.39 is 5.97 Å². The lowest BCUT2D eigenvalue weighted by Gasteiger charge is -2.02. The van der Waals surface area contributed by atoms with E-state index in [1.54, 1.807) is 24.3 Å². The molecule has 0 aliphatic rings. The van der Waals surface area contributed by atoms with Gasteiger partial charge in [0.05, 0.1) is 5.39 Å². The number of para-hydroxylation sites is 1. The smallest absolute Gasteiger partial charge is 0.374 e. The number of aryl methyl sites for hydroxylation is 1. The molecule has 0 fully saturated rings. The van der Waals surface area contributed by atoms with Crippen LogP contribution in [0.25, 0.3) is 22.4 Å². The van der Waals surface area contributed by atoms with Gasteiger partial charge in [0, 0.05) is 11.6 Å². The summed E-state index contributed by atoms with van der Waals surface area (Å²) in [5.74, 6) is -0.426. The average molecular weight is 362 g/mol. The number of fused-ring (bicyclic) bond motifs is 1. The standard InChI is InChI=1S/C20H14N2O5/c1-12-6-8-13(9-7-12)19-21-18(27-22-19)11-25-20(24)17-10-15(23)14-4-2-3-5-16(14)26-17/h2-10H,11H2,1H3. The van der Waals surface area contributed by atoms with Crippen molar-refractivity contribution in [3.8, 4) is 11.4 Å². The summed E-state index contributed by atoms with van der Waals surface area (Å²) < 4.78 is 15.7. The van der Waals surface area contributed by atoms with Crippen molar-refractivity contribution < 1.29 is 18.5 Å². The molecule has 0 saturated carbocycles. The van der Waals surface area contributed by atoms with Gasteiger partial charge >= 0.3 is 5.97 Å². The zero-order valence-electron chi connectivity index (χ0n) is 14.3. The highest BCUT2D eigenvalue weighted by Crippen LogP contribution is 2.17. The van der Waals surface area contributed by atoms with Gasteiger partial charge in [-0.05, 0) is 19.1 Å². The van der Waals surface area contributed by atoms with E-state index in [1.807, 2.05) is 31.2 Å². The van der Waals surface area contributed by atoms with E-state index in [-0.39, 0.29) is 23.7 Å². The highest BCUT2D eigenvalue weighted by Gasteiger charge is 2.16. The lowest BCUT2D eigenvalue weighted by atomic mass is 10.1. The van der Waals surface area contributed by atoms with Crippen LogP contribution in [-0.4, -0.2) is 16.1 Å². The third-order valence-electron chi connectivity index (χ3n) is 3.94. The highest BCUT2D eigenvalue weighted by atomic mass is 16.6. The van der Waals surface area contributed by atoms with Crippen LogP contribution in [0.1, 0.15) is 22.0 Å². The number of rotatable bonds is 4. The Morgan fingerprint density at radius 3 is 2.70 bits per heavy atom. The van der Waals surface area contributed by atoms with Crippen LogP contribution in [0.15, 0.2) is 68.3 Å². The van der Waals surface area contributed by atoms with E-state index in [4.69, 9.17) is 13.7 Å². The Morgan fingerprint density at radius 1 is 1.11 bits per heavy atom. The third-order valence-corrected chi connectivity index (χ3v) is 3.94. The number of carbonyl (C=O) groups is 1. The van der Waals surface area contributed by atoms with Gasteiger partial charge in [0.25, 0.3) is 5.89 Å². The minimum absolute atomic E-state index is 0.141. The Bertz CT molecular complexity index is 1170. The summed E-state index contributed by atoms with van der Waals surface area (Å²) in [4.78, 5) is 28.4. The maximum atomic E-state index is 12.2. The molecule has 2 heterocycles. The number of hydrogen-bond donors (Lipinski definition) is 0. The summed E-state index contributed by atoms with van der Waals surface area (Å²) in [5, 5.41) is 4.27. The van der Waals surface area contributed by atoms with E-state index in [0.717, 1.165) is 17.2 Å². The zero-order chi connectivity index (χ0) is 18.8. The Morgan fingerprint density at radius 2 is 1.89 bits per heavy atom. The minimum Gasteiger partial charge on any atom is -0.450 e. The van der Waals surface area contributed by atoms with E-state index in [1.165, 1.54) is 0 Å². The summed E-state index contributed by atoms with van der Waals surface area (Å²) >= 11 is 0. The van der Waals surface area contributed by atoms with Crippen molar-refractivity contribution in [1.82, 2.24) is 10.1 Å². The maximum Gasteiger partial charge on any atom is 0.374 e. The van der Waals surface area contributed by atoms with Gasteiger partial charge in [0.1, 0.15) is 5.58 Å². The normalized spacial score (nSPS) is 10.9. The predicted octanol–water partition coefficient (Wildman–Crippen LogP) is 3.51. The van der Waals surface area contributed by atoms with Crippen LogP contribution in [0.4, 0.5) is 0 Å². The number of ether oxygens (including phenoxy) is 1. The SMILES string of the molecule is Cc1ccc(-c2noc(COC(=O)c3cc(=O)c4ccccc4o3)n2)cc1. The van der Waals surface area contributed by atoms with Crippen LogP contribution in [0.2, 0.25) is 0 Å². The topological polar surface area (TPSA) is 95.4 Å². The molecule has 0 bridgehead atoms. The van der Waals surface area contributed by atoms with Crippen molar-refractivity contribution in [2.24, 2.45) is 0 Å². The molecule has 27 heavy (non-hydrogen) atoms. The predicted molar refractivity (Wildman–Crippen MR) is 96.1 cm³/mol. The first-order valence-corrected chi connectivity index (χ1v) is 8.20. The Labute approximate surface area is 153 Å². The highest BCUT2D eigenvalue weighted by molar-refractivity contribution is 5.88. The maximum absolute atomic E-state index is 12.2. The molecule has 0 aliphatic carbocycles. The zero-order valence-corrected chi connectivity index (χ0v) is 14.3. The summed E-state index contributed by atoms with van der Waals surface area (Å²) in [6.45, 7) is 1.75. The molecule has 2 aromatic heterocycles. The molecule has 0 unspecified atom stereocenters. The van der Waals surface area contributed by atoms with Gasteiger partial charge in [-0.3, -0.25) is 4.79 Å². The molecule has 7 nitrogen and oxygen atoms in total. The van der Waals surface area contributed by atoms with Gasteiger partial charge in [-0.2, -0.15) is 4.98 Å². The molecule has 4 rings (SSSR count). The fourth-order valence-corrected chi connectivity index (χ4v) is 2.54. The monoisotopic (exact) mass is 362 g/mol. The molecule has 134 valence electrons. The third kappa shape index (κ3) is 3.48. The van der Waals surface area contributed by atoms with E-state index >= 15 is 0 Å². The largest absolute Gasteiger partial charge is 0.450 e. The van der Waals surface area contributed by atoms with Crippen LogP contribution < -0.4 is 5.43 Å². The summed E-state index contributed by atoms with van der Waals surface area (Å²) in [6.07, 6.45) is 0. The van der Waals surface area contributed by atoms with Crippen molar-refractivity contribution in [3.05, 3.63) is 82.0 Å². The second-order valence-electron chi connectivity index (χ2n) is 5.92. The number of esters is 1. The van der Waals surface area contributed by atoms with E-state index in [0.29, 0.717) is 16.8 Å². The van der Waals surface area contributed by atoms with Crippen LogP contribution in [-0.2, 0) is 11.3 Å². The van der Waals surface area contributed by atoms with Gasteiger partial charge in [0.15, 0.2) is 12.0 Å². The molecule has 0 radical (unpaired) electrons. The van der Waals surface area contributed by atoms with Crippen molar-refractivity contribution in [3.63, 3.8) is 0 Å². The fraction of sp³-hybridized carbons (Fsp3) is 0.100. The van der Waals surface area contributed by atoms with Gasteiger partial charge < -0.3 is 13.7 Å². The summed E-state index contributed by atoms with van der Waals surface area (Å²) in [5.41, 5.74) is 1.91. The van der Waals surface area contributed by atoms with Gasteiger partial charge in [-0.15, -0.1) is 0 Å². The molecule has 0 atom stereocenters. The Balaban J connectivity index is 1.48. The lowest BCUT2D eigenvalue weighted by molar-refractivity contribution is 0.0394. The first-order valence-electron chi connectivity index (χ1n) is 8.20. The van der Waals surface area contributed by atoms with Crippen molar-refractivity contribution >= 4 is 16.9 Å². The first kappa shape index (κ1) is 16.7. The lowest BCUT2D eigenvalue weighted by Crippen LogP contribution is -2.10. The van der Waals surface area contributed by atoms with Gasteiger partial charge in [-0.1, -0.05) is 47.1 Å². The molecule has 4 aromatic rings.